The van der Waals surface area contributed by atoms with E-state index in [4.69, 9.17) is 5.14 Å². The quantitative estimate of drug-likeness (QED) is 0.830. The highest BCUT2D eigenvalue weighted by Crippen LogP contribution is 2.10. The lowest BCUT2D eigenvalue weighted by Crippen LogP contribution is -2.22. The number of hydrogen-bond acceptors (Lipinski definition) is 5. The van der Waals surface area contributed by atoms with Crippen LogP contribution in [0.25, 0.3) is 0 Å². The van der Waals surface area contributed by atoms with Gasteiger partial charge in [0.05, 0.1) is 10.6 Å². The van der Waals surface area contributed by atoms with Gasteiger partial charge in [-0.05, 0) is 37.6 Å². The van der Waals surface area contributed by atoms with Gasteiger partial charge < -0.3 is 5.32 Å². The summed E-state index contributed by atoms with van der Waals surface area (Å²) in [6, 6.07) is 6.71. The normalized spacial score (nSPS) is 13.0. The van der Waals surface area contributed by atoms with Crippen LogP contribution in [0.1, 0.15) is 24.2 Å². The number of rotatable bonds is 6. The third-order valence-electron chi connectivity index (χ3n) is 3.14. The van der Waals surface area contributed by atoms with Crippen molar-refractivity contribution < 1.29 is 8.42 Å². The first-order valence-electron chi connectivity index (χ1n) is 6.58. The van der Waals surface area contributed by atoms with Crippen LogP contribution in [-0.4, -0.2) is 24.9 Å². The zero-order valence-electron chi connectivity index (χ0n) is 11.7. The number of benzene rings is 1. The van der Waals surface area contributed by atoms with Crippen molar-refractivity contribution in [1.82, 2.24) is 15.3 Å². The number of nitrogens with two attached hydrogens (primary N) is 1. The molecule has 0 spiro atoms. The molecular formula is C14H18N4O2S. The minimum atomic E-state index is -3.62. The molecule has 112 valence electrons. The van der Waals surface area contributed by atoms with Gasteiger partial charge in [-0.15, -0.1) is 0 Å². The molecule has 0 radical (unpaired) electrons. The molecule has 6 nitrogen and oxygen atoms in total. The Hall–Kier alpha value is -1.83. The van der Waals surface area contributed by atoms with Gasteiger partial charge >= 0.3 is 0 Å². The van der Waals surface area contributed by atoms with Crippen LogP contribution >= 0.6 is 0 Å². The highest BCUT2D eigenvalue weighted by Gasteiger charge is 2.08. The van der Waals surface area contributed by atoms with E-state index in [-0.39, 0.29) is 10.9 Å². The molecule has 3 N–H and O–H groups in total. The van der Waals surface area contributed by atoms with E-state index in [0.29, 0.717) is 0 Å². The predicted octanol–water partition coefficient (Wildman–Crippen LogP) is 1.02. The highest BCUT2D eigenvalue weighted by molar-refractivity contribution is 7.89. The molecule has 0 bridgehead atoms. The van der Waals surface area contributed by atoms with Gasteiger partial charge in [0, 0.05) is 24.6 Å². The lowest BCUT2D eigenvalue weighted by atomic mass is 10.1. The number of primary sulfonamides is 1. The summed E-state index contributed by atoms with van der Waals surface area (Å²) in [4.78, 5) is 8.40. The first-order valence-corrected chi connectivity index (χ1v) is 8.12. The van der Waals surface area contributed by atoms with Crippen LogP contribution in [0.15, 0.2) is 47.8 Å². The molecule has 7 heteroatoms. The zero-order valence-corrected chi connectivity index (χ0v) is 12.5. The number of sulfonamides is 1. The molecule has 2 rings (SSSR count). The van der Waals surface area contributed by atoms with Gasteiger partial charge in [0.25, 0.3) is 0 Å². The summed E-state index contributed by atoms with van der Waals surface area (Å²) in [6.45, 7) is 2.78. The summed E-state index contributed by atoms with van der Waals surface area (Å²) in [5.74, 6) is 0. The first-order chi connectivity index (χ1) is 9.97. The number of aromatic nitrogens is 2. The van der Waals surface area contributed by atoms with Crippen LogP contribution in [0.2, 0.25) is 0 Å². The Bertz CT molecular complexity index is 672. The van der Waals surface area contributed by atoms with Gasteiger partial charge in [0.15, 0.2) is 0 Å². The monoisotopic (exact) mass is 306 g/mol. The zero-order chi connectivity index (χ0) is 15.3. The molecule has 0 aliphatic heterocycles. The highest BCUT2D eigenvalue weighted by atomic mass is 32.2. The van der Waals surface area contributed by atoms with Gasteiger partial charge in [0.2, 0.25) is 10.0 Å². The Morgan fingerprint density at radius 2 is 1.95 bits per heavy atom. The van der Waals surface area contributed by atoms with Crippen molar-refractivity contribution in [3.8, 4) is 0 Å². The predicted molar refractivity (Wildman–Crippen MR) is 80.0 cm³/mol. The summed E-state index contributed by atoms with van der Waals surface area (Å²) in [7, 11) is -3.62. The Kier molecular flexibility index (Phi) is 5.00. The summed E-state index contributed by atoms with van der Waals surface area (Å²) in [5, 5.41) is 8.40. The lowest BCUT2D eigenvalue weighted by Gasteiger charge is -2.12. The Morgan fingerprint density at radius 1 is 1.24 bits per heavy atom. The summed E-state index contributed by atoms with van der Waals surface area (Å²) >= 11 is 0. The molecule has 1 heterocycles. The van der Waals surface area contributed by atoms with Crippen molar-refractivity contribution in [2.75, 3.05) is 6.54 Å². The van der Waals surface area contributed by atoms with Crippen molar-refractivity contribution in [2.24, 2.45) is 5.14 Å². The fourth-order valence-corrected chi connectivity index (χ4v) is 2.43. The maximum absolute atomic E-state index is 11.2. The van der Waals surface area contributed by atoms with E-state index < -0.39 is 10.0 Å². The Labute approximate surface area is 124 Å². The second-order valence-electron chi connectivity index (χ2n) is 4.75. The molecule has 1 unspecified atom stereocenters. The molecule has 0 amide bonds. The van der Waals surface area contributed by atoms with Gasteiger partial charge in [-0.1, -0.05) is 12.1 Å². The smallest absolute Gasteiger partial charge is 0.238 e. The molecule has 0 saturated carbocycles. The van der Waals surface area contributed by atoms with E-state index in [0.717, 1.165) is 24.2 Å². The van der Waals surface area contributed by atoms with Crippen LogP contribution in [0.5, 0.6) is 0 Å². The standard InChI is InChI=1S/C14H18N4O2S/c1-11(14-10-16-8-9-18-14)17-7-6-12-2-4-13(5-3-12)21(15,19)20/h2-5,8-11,17H,6-7H2,1H3,(H2,15,19,20). The summed E-state index contributed by atoms with van der Waals surface area (Å²) in [6.07, 6.45) is 5.83. The van der Waals surface area contributed by atoms with E-state index >= 15 is 0 Å². The minimum Gasteiger partial charge on any atom is -0.308 e. The Morgan fingerprint density at radius 3 is 2.52 bits per heavy atom. The molecular weight excluding hydrogens is 288 g/mol. The third kappa shape index (κ3) is 4.59. The van der Waals surface area contributed by atoms with Gasteiger partial charge in [0.1, 0.15) is 0 Å². The lowest BCUT2D eigenvalue weighted by molar-refractivity contribution is 0.562. The van der Waals surface area contributed by atoms with Gasteiger partial charge in [-0.3, -0.25) is 9.97 Å². The Balaban J connectivity index is 1.86. The summed E-state index contributed by atoms with van der Waals surface area (Å²) < 4.78 is 22.3. The second kappa shape index (κ2) is 6.75. The molecule has 1 aromatic heterocycles. The van der Waals surface area contributed by atoms with E-state index in [1.165, 1.54) is 12.1 Å². The fourth-order valence-electron chi connectivity index (χ4n) is 1.92. The largest absolute Gasteiger partial charge is 0.308 e. The molecule has 0 aliphatic carbocycles. The average Bonchev–Trinajstić information content (AvgIpc) is 2.47. The maximum atomic E-state index is 11.2. The summed E-state index contributed by atoms with van der Waals surface area (Å²) in [5.41, 5.74) is 1.93. The van der Waals surface area contributed by atoms with E-state index in [1.54, 1.807) is 30.7 Å². The second-order valence-corrected chi connectivity index (χ2v) is 6.31. The van der Waals surface area contributed by atoms with Gasteiger partial charge in [-0.2, -0.15) is 0 Å². The molecule has 0 fully saturated rings. The van der Waals surface area contributed by atoms with E-state index in [2.05, 4.69) is 15.3 Å². The topological polar surface area (TPSA) is 98.0 Å². The molecule has 2 aromatic rings. The van der Waals surface area contributed by atoms with E-state index in [1.807, 2.05) is 6.92 Å². The van der Waals surface area contributed by atoms with Crippen LogP contribution in [0, 0.1) is 0 Å². The van der Waals surface area contributed by atoms with Crippen molar-refractivity contribution in [3.63, 3.8) is 0 Å². The fraction of sp³-hybridized carbons (Fsp3) is 0.286. The molecule has 0 aliphatic rings. The third-order valence-corrected chi connectivity index (χ3v) is 4.07. The number of nitrogens with zero attached hydrogens (tertiary/aromatic N) is 2. The molecule has 1 aromatic carbocycles. The van der Waals surface area contributed by atoms with Crippen molar-refractivity contribution in [1.29, 1.82) is 0 Å². The number of hydrogen-bond donors (Lipinski definition) is 2. The van der Waals surface area contributed by atoms with Gasteiger partial charge in [-0.25, -0.2) is 13.6 Å². The van der Waals surface area contributed by atoms with Crippen molar-refractivity contribution in [3.05, 3.63) is 54.1 Å². The van der Waals surface area contributed by atoms with E-state index in [9.17, 15) is 8.42 Å². The molecule has 0 saturated heterocycles. The molecule has 21 heavy (non-hydrogen) atoms. The van der Waals surface area contributed by atoms with Crippen LogP contribution in [0.3, 0.4) is 0 Å². The first kappa shape index (κ1) is 15.6. The number of nitrogens with one attached hydrogen (secondary N) is 1. The minimum absolute atomic E-state index is 0.113. The van der Waals surface area contributed by atoms with Crippen LogP contribution in [-0.2, 0) is 16.4 Å². The van der Waals surface area contributed by atoms with Crippen molar-refractivity contribution >= 4 is 10.0 Å². The molecule has 1 atom stereocenters. The SMILES string of the molecule is CC(NCCc1ccc(S(N)(=O)=O)cc1)c1cnccn1. The van der Waals surface area contributed by atoms with Crippen LogP contribution in [0.4, 0.5) is 0 Å². The van der Waals surface area contributed by atoms with Crippen LogP contribution < -0.4 is 10.5 Å². The average molecular weight is 306 g/mol. The maximum Gasteiger partial charge on any atom is 0.238 e. The van der Waals surface area contributed by atoms with Crippen molar-refractivity contribution in [2.45, 2.75) is 24.3 Å².